The fraction of sp³-hybridized carbons (Fsp3) is 0.909. The molecule has 0 spiro atoms. The Morgan fingerprint density at radius 1 is 1.50 bits per heavy atom. The van der Waals surface area contributed by atoms with Gasteiger partial charge in [-0.3, -0.25) is 4.79 Å². The van der Waals surface area contributed by atoms with Crippen LogP contribution in [-0.4, -0.2) is 38.3 Å². The molecule has 1 aliphatic rings. The fourth-order valence-electron chi connectivity index (χ4n) is 1.35. The van der Waals surface area contributed by atoms with Gasteiger partial charge < -0.3 is 15.4 Å². The van der Waals surface area contributed by atoms with E-state index in [0.717, 1.165) is 13.1 Å². The highest BCUT2D eigenvalue weighted by molar-refractivity contribution is 5.85. The van der Waals surface area contributed by atoms with Crippen LogP contribution in [0.1, 0.15) is 20.8 Å². The molecule has 0 aromatic heterocycles. The summed E-state index contributed by atoms with van der Waals surface area (Å²) in [5, 5.41) is 6.09. The average molecular weight is 251 g/mol. The van der Waals surface area contributed by atoms with Gasteiger partial charge in [0.15, 0.2) is 0 Å². The van der Waals surface area contributed by atoms with Crippen LogP contribution in [0.3, 0.4) is 0 Å². The number of nitrogens with one attached hydrogen (secondary N) is 2. The molecule has 1 heterocycles. The van der Waals surface area contributed by atoms with Gasteiger partial charge in [-0.25, -0.2) is 0 Å². The second-order valence-electron chi connectivity index (χ2n) is 4.55. The van der Waals surface area contributed by atoms with Crippen molar-refractivity contribution in [1.82, 2.24) is 10.6 Å². The number of hydrogen-bond acceptors (Lipinski definition) is 3. The molecule has 0 aromatic rings. The zero-order valence-corrected chi connectivity index (χ0v) is 11.1. The Kier molecular flexibility index (Phi) is 7.72. The molecule has 0 radical (unpaired) electrons. The van der Waals surface area contributed by atoms with Gasteiger partial charge in [-0.05, 0) is 11.8 Å². The van der Waals surface area contributed by atoms with Gasteiger partial charge in [0, 0.05) is 13.1 Å². The molecule has 4 nitrogen and oxygen atoms in total. The van der Waals surface area contributed by atoms with Gasteiger partial charge in [0.2, 0.25) is 5.91 Å². The predicted molar refractivity (Wildman–Crippen MR) is 66.9 cm³/mol. The first-order valence-corrected chi connectivity index (χ1v) is 5.70. The third kappa shape index (κ3) is 5.14. The van der Waals surface area contributed by atoms with E-state index in [1.165, 1.54) is 0 Å². The largest absolute Gasteiger partial charge is 0.378 e. The number of halogens is 1. The number of carbonyl (C=O) groups excluding carboxylic acids is 1. The van der Waals surface area contributed by atoms with Crippen molar-refractivity contribution in [2.24, 2.45) is 11.8 Å². The minimum atomic E-state index is -0.168. The third-order valence-electron chi connectivity index (χ3n) is 2.97. The molecular formula is C11H23ClN2O2. The number of ether oxygens (including phenoxy) is 1. The number of rotatable bonds is 4. The van der Waals surface area contributed by atoms with Crippen LogP contribution < -0.4 is 10.6 Å². The standard InChI is InChI=1S/C11H22N2O2.ClH/c1-8(2)9(3)6-13-11(14)10-7-15-5-4-12-10;/h8-10,12H,4-7H2,1-3H3,(H,13,14);1H. The SMILES string of the molecule is CC(C)C(C)CNC(=O)C1COCCN1.Cl. The fourth-order valence-corrected chi connectivity index (χ4v) is 1.35. The van der Waals surface area contributed by atoms with Crippen molar-refractivity contribution in [3.05, 3.63) is 0 Å². The molecule has 0 saturated carbocycles. The molecule has 1 fully saturated rings. The van der Waals surface area contributed by atoms with E-state index in [1.807, 2.05) is 0 Å². The molecule has 0 aliphatic carbocycles. The lowest BCUT2D eigenvalue weighted by Gasteiger charge is -2.24. The summed E-state index contributed by atoms with van der Waals surface area (Å²) in [5.41, 5.74) is 0. The van der Waals surface area contributed by atoms with Crippen LogP contribution in [0.25, 0.3) is 0 Å². The molecule has 2 atom stereocenters. The molecule has 5 heteroatoms. The van der Waals surface area contributed by atoms with Crippen LogP contribution in [0.5, 0.6) is 0 Å². The van der Waals surface area contributed by atoms with Gasteiger partial charge in [0.25, 0.3) is 0 Å². The summed E-state index contributed by atoms with van der Waals surface area (Å²) >= 11 is 0. The number of morpholine rings is 1. The van der Waals surface area contributed by atoms with Crippen molar-refractivity contribution in [1.29, 1.82) is 0 Å². The summed E-state index contributed by atoms with van der Waals surface area (Å²) in [4.78, 5) is 11.7. The molecule has 1 saturated heterocycles. The van der Waals surface area contributed by atoms with E-state index >= 15 is 0 Å². The molecule has 0 bridgehead atoms. The van der Waals surface area contributed by atoms with Crippen LogP contribution >= 0.6 is 12.4 Å². The van der Waals surface area contributed by atoms with E-state index in [4.69, 9.17) is 4.74 Å². The van der Waals surface area contributed by atoms with E-state index in [1.54, 1.807) is 0 Å². The first-order chi connectivity index (χ1) is 7.11. The molecular weight excluding hydrogens is 228 g/mol. The average Bonchev–Trinajstić information content (AvgIpc) is 2.26. The van der Waals surface area contributed by atoms with Crippen LogP contribution in [-0.2, 0) is 9.53 Å². The van der Waals surface area contributed by atoms with Crippen LogP contribution in [0.15, 0.2) is 0 Å². The number of carbonyl (C=O) groups is 1. The highest BCUT2D eigenvalue weighted by Crippen LogP contribution is 2.07. The lowest BCUT2D eigenvalue weighted by Crippen LogP contribution is -2.51. The van der Waals surface area contributed by atoms with E-state index < -0.39 is 0 Å². The minimum absolute atomic E-state index is 0. The Bertz CT molecular complexity index is 206. The van der Waals surface area contributed by atoms with E-state index in [9.17, 15) is 4.79 Å². The summed E-state index contributed by atoms with van der Waals surface area (Å²) in [7, 11) is 0. The maximum atomic E-state index is 11.7. The first-order valence-electron chi connectivity index (χ1n) is 5.70. The van der Waals surface area contributed by atoms with Crippen LogP contribution in [0.2, 0.25) is 0 Å². The van der Waals surface area contributed by atoms with E-state index in [-0.39, 0.29) is 24.4 Å². The topological polar surface area (TPSA) is 50.4 Å². The summed E-state index contributed by atoms with van der Waals surface area (Å²) in [6.45, 7) is 9.17. The second kappa shape index (κ2) is 7.87. The Balaban J connectivity index is 0.00000225. The van der Waals surface area contributed by atoms with E-state index in [0.29, 0.717) is 25.0 Å². The highest BCUT2D eigenvalue weighted by atomic mass is 35.5. The Morgan fingerprint density at radius 2 is 2.19 bits per heavy atom. The lowest BCUT2D eigenvalue weighted by molar-refractivity contribution is -0.126. The normalized spacial score (nSPS) is 22.4. The highest BCUT2D eigenvalue weighted by Gasteiger charge is 2.21. The molecule has 1 aliphatic heterocycles. The van der Waals surface area contributed by atoms with Gasteiger partial charge in [-0.2, -0.15) is 0 Å². The van der Waals surface area contributed by atoms with Gasteiger partial charge in [0.1, 0.15) is 6.04 Å². The zero-order valence-electron chi connectivity index (χ0n) is 10.3. The van der Waals surface area contributed by atoms with Gasteiger partial charge in [-0.1, -0.05) is 20.8 Å². The van der Waals surface area contributed by atoms with Crippen molar-refractivity contribution < 1.29 is 9.53 Å². The zero-order chi connectivity index (χ0) is 11.3. The van der Waals surface area contributed by atoms with Crippen molar-refractivity contribution in [2.45, 2.75) is 26.8 Å². The molecule has 16 heavy (non-hydrogen) atoms. The van der Waals surface area contributed by atoms with Crippen LogP contribution in [0.4, 0.5) is 0 Å². The maximum Gasteiger partial charge on any atom is 0.239 e. The Morgan fingerprint density at radius 3 is 2.69 bits per heavy atom. The summed E-state index contributed by atoms with van der Waals surface area (Å²) in [5.74, 6) is 1.17. The maximum absolute atomic E-state index is 11.7. The van der Waals surface area contributed by atoms with Gasteiger partial charge in [-0.15, -0.1) is 12.4 Å². The molecule has 1 rings (SSSR count). The predicted octanol–water partition coefficient (Wildman–Crippen LogP) is 0.805. The third-order valence-corrected chi connectivity index (χ3v) is 2.97. The molecule has 0 aromatic carbocycles. The summed E-state index contributed by atoms with van der Waals surface area (Å²) < 4.78 is 5.23. The molecule has 96 valence electrons. The van der Waals surface area contributed by atoms with Crippen LogP contribution in [0, 0.1) is 11.8 Å². The van der Waals surface area contributed by atoms with Crippen molar-refractivity contribution in [2.75, 3.05) is 26.3 Å². The smallest absolute Gasteiger partial charge is 0.239 e. The van der Waals surface area contributed by atoms with Crippen molar-refractivity contribution in [3.8, 4) is 0 Å². The van der Waals surface area contributed by atoms with Gasteiger partial charge >= 0.3 is 0 Å². The summed E-state index contributed by atoms with van der Waals surface area (Å²) in [6.07, 6.45) is 0. The quantitative estimate of drug-likeness (QED) is 0.776. The van der Waals surface area contributed by atoms with Crippen molar-refractivity contribution >= 4 is 18.3 Å². The van der Waals surface area contributed by atoms with Crippen molar-refractivity contribution in [3.63, 3.8) is 0 Å². The second-order valence-corrected chi connectivity index (χ2v) is 4.55. The lowest BCUT2D eigenvalue weighted by atomic mass is 9.98. The van der Waals surface area contributed by atoms with Gasteiger partial charge in [0.05, 0.1) is 13.2 Å². The minimum Gasteiger partial charge on any atom is -0.378 e. The Hall–Kier alpha value is -0.320. The number of amides is 1. The van der Waals surface area contributed by atoms with E-state index in [2.05, 4.69) is 31.4 Å². The number of hydrogen-bond donors (Lipinski definition) is 2. The summed E-state index contributed by atoms with van der Waals surface area (Å²) in [6, 6.07) is -0.168. The first kappa shape index (κ1) is 15.7. The Labute approximate surface area is 104 Å². The molecule has 1 amide bonds. The monoisotopic (exact) mass is 250 g/mol. The molecule has 2 unspecified atom stereocenters. The molecule has 2 N–H and O–H groups in total.